The van der Waals surface area contributed by atoms with Gasteiger partial charge in [0.2, 0.25) is 0 Å². The van der Waals surface area contributed by atoms with Gasteiger partial charge in [0.15, 0.2) is 17.5 Å². The topological polar surface area (TPSA) is 12.0 Å². The number of benzene rings is 1. The molecule has 0 fully saturated rings. The van der Waals surface area contributed by atoms with Crippen LogP contribution in [0, 0.1) is 23.4 Å². The van der Waals surface area contributed by atoms with Crippen LogP contribution in [-0.2, 0) is 0 Å². The minimum Gasteiger partial charge on any atom is -0.313 e. The van der Waals surface area contributed by atoms with Gasteiger partial charge < -0.3 is 5.32 Å². The van der Waals surface area contributed by atoms with Crippen molar-refractivity contribution in [3.05, 3.63) is 35.1 Å². The maximum Gasteiger partial charge on any atom is 0.194 e. The highest BCUT2D eigenvalue weighted by Crippen LogP contribution is 2.29. The molecule has 0 aliphatic heterocycles. The van der Waals surface area contributed by atoms with Crippen LogP contribution in [-0.4, -0.2) is 7.05 Å². The van der Waals surface area contributed by atoms with Gasteiger partial charge in [-0.1, -0.05) is 45.6 Å². The first-order valence-corrected chi connectivity index (χ1v) is 7.35. The van der Waals surface area contributed by atoms with Gasteiger partial charge in [-0.05, 0) is 25.5 Å². The average Bonchev–Trinajstić information content (AvgIpc) is 2.46. The van der Waals surface area contributed by atoms with Crippen molar-refractivity contribution in [1.29, 1.82) is 0 Å². The number of halogens is 3. The van der Waals surface area contributed by atoms with E-state index in [0.29, 0.717) is 5.92 Å². The molecule has 1 N–H and O–H groups in total. The van der Waals surface area contributed by atoms with Crippen LogP contribution < -0.4 is 5.32 Å². The average molecular weight is 287 g/mol. The Morgan fingerprint density at radius 2 is 1.80 bits per heavy atom. The highest BCUT2D eigenvalue weighted by Gasteiger charge is 2.22. The Bertz CT molecular complexity index is 420. The highest BCUT2D eigenvalue weighted by molar-refractivity contribution is 5.23. The van der Waals surface area contributed by atoms with Gasteiger partial charge in [-0.2, -0.15) is 0 Å². The zero-order valence-corrected chi connectivity index (χ0v) is 12.5. The summed E-state index contributed by atoms with van der Waals surface area (Å²) in [6, 6.07) is 2.04. The molecular formula is C16H24F3N. The summed E-state index contributed by atoms with van der Waals surface area (Å²) < 4.78 is 40.2. The monoisotopic (exact) mass is 287 g/mol. The summed E-state index contributed by atoms with van der Waals surface area (Å²) in [5.74, 6) is -3.14. The molecule has 1 aromatic carbocycles. The van der Waals surface area contributed by atoms with E-state index in [2.05, 4.69) is 19.2 Å². The maximum atomic E-state index is 13.9. The molecule has 0 saturated heterocycles. The van der Waals surface area contributed by atoms with Gasteiger partial charge in [-0.15, -0.1) is 0 Å². The Labute approximate surface area is 119 Å². The van der Waals surface area contributed by atoms with E-state index in [1.165, 1.54) is 6.07 Å². The molecule has 0 bridgehead atoms. The Hall–Kier alpha value is -1.03. The SMILES string of the molecule is CCCCC(CC)CC(NC)c1ccc(F)c(F)c1F. The highest BCUT2D eigenvalue weighted by atomic mass is 19.2. The molecule has 0 aliphatic carbocycles. The van der Waals surface area contributed by atoms with Crippen LogP contribution in [0.4, 0.5) is 13.2 Å². The number of hydrogen-bond donors (Lipinski definition) is 1. The van der Waals surface area contributed by atoms with Crippen molar-refractivity contribution in [2.75, 3.05) is 7.05 Å². The largest absolute Gasteiger partial charge is 0.313 e. The lowest BCUT2D eigenvalue weighted by atomic mass is 9.89. The third-order valence-corrected chi connectivity index (χ3v) is 3.90. The molecule has 0 aliphatic rings. The lowest BCUT2D eigenvalue weighted by Crippen LogP contribution is -2.21. The fourth-order valence-corrected chi connectivity index (χ4v) is 2.53. The van der Waals surface area contributed by atoms with Crippen molar-refractivity contribution < 1.29 is 13.2 Å². The third kappa shape index (κ3) is 4.23. The fraction of sp³-hybridized carbons (Fsp3) is 0.625. The van der Waals surface area contributed by atoms with Crippen LogP contribution in [0.25, 0.3) is 0 Å². The molecule has 4 heteroatoms. The third-order valence-electron chi connectivity index (χ3n) is 3.90. The normalized spacial score (nSPS) is 14.3. The Balaban J connectivity index is 2.87. The van der Waals surface area contributed by atoms with E-state index in [-0.39, 0.29) is 11.6 Å². The molecule has 1 rings (SSSR count). The van der Waals surface area contributed by atoms with Gasteiger partial charge in [0.25, 0.3) is 0 Å². The predicted octanol–water partition coefficient (Wildman–Crippen LogP) is 4.97. The first kappa shape index (κ1) is 17.0. The molecule has 1 aromatic rings. The van der Waals surface area contributed by atoms with Gasteiger partial charge in [0.05, 0.1) is 0 Å². The van der Waals surface area contributed by atoms with E-state index in [1.54, 1.807) is 7.05 Å². The van der Waals surface area contributed by atoms with Crippen LogP contribution in [0.5, 0.6) is 0 Å². The van der Waals surface area contributed by atoms with Crippen LogP contribution in [0.1, 0.15) is 57.6 Å². The standard InChI is InChI=1S/C16H24F3N/c1-4-6-7-11(5-2)10-14(20-3)12-8-9-13(17)16(19)15(12)18/h8-9,11,14,20H,4-7,10H2,1-3H3. The summed E-state index contributed by atoms with van der Waals surface area (Å²) in [5.41, 5.74) is 0.210. The Kier molecular flexibility index (Phi) is 7.06. The van der Waals surface area contributed by atoms with E-state index in [0.717, 1.165) is 38.2 Å². The second-order valence-corrected chi connectivity index (χ2v) is 5.26. The van der Waals surface area contributed by atoms with Crippen molar-refractivity contribution in [3.63, 3.8) is 0 Å². The van der Waals surface area contributed by atoms with E-state index >= 15 is 0 Å². The molecule has 0 heterocycles. The number of rotatable bonds is 8. The predicted molar refractivity (Wildman–Crippen MR) is 76.0 cm³/mol. The number of nitrogens with one attached hydrogen (secondary N) is 1. The molecule has 2 atom stereocenters. The molecule has 1 nitrogen and oxygen atoms in total. The molecule has 0 spiro atoms. The number of unbranched alkanes of at least 4 members (excludes halogenated alkanes) is 1. The Morgan fingerprint density at radius 1 is 1.10 bits per heavy atom. The van der Waals surface area contributed by atoms with Gasteiger partial charge in [-0.25, -0.2) is 13.2 Å². The molecule has 0 radical (unpaired) electrons. The zero-order valence-electron chi connectivity index (χ0n) is 12.5. The summed E-state index contributed by atoms with van der Waals surface area (Å²) in [6.07, 6.45) is 5.07. The first-order valence-electron chi connectivity index (χ1n) is 7.35. The number of hydrogen-bond acceptors (Lipinski definition) is 1. The summed E-state index contributed by atoms with van der Waals surface area (Å²) in [7, 11) is 1.72. The molecule has 20 heavy (non-hydrogen) atoms. The summed E-state index contributed by atoms with van der Waals surface area (Å²) in [5, 5.41) is 3.02. The summed E-state index contributed by atoms with van der Waals surface area (Å²) in [6.45, 7) is 4.24. The fourth-order valence-electron chi connectivity index (χ4n) is 2.53. The first-order chi connectivity index (χ1) is 9.54. The van der Waals surface area contributed by atoms with Crippen molar-refractivity contribution >= 4 is 0 Å². The van der Waals surface area contributed by atoms with Crippen LogP contribution in [0.2, 0.25) is 0 Å². The van der Waals surface area contributed by atoms with E-state index < -0.39 is 17.5 Å². The quantitative estimate of drug-likeness (QED) is 0.666. The van der Waals surface area contributed by atoms with Crippen LogP contribution >= 0.6 is 0 Å². The van der Waals surface area contributed by atoms with E-state index in [1.807, 2.05) is 0 Å². The van der Waals surface area contributed by atoms with Crippen LogP contribution in [0.15, 0.2) is 12.1 Å². The van der Waals surface area contributed by atoms with E-state index in [4.69, 9.17) is 0 Å². The molecule has 0 aromatic heterocycles. The van der Waals surface area contributed by atoms with Gasteiger partial charge in [0, 0.05) is 11.6 Å². The smallest absolute Gasteiger partial charge is 0.194 e. The van der Waals surface area contributed by atoms with Crippen molar-refractivity contribution in [2.45, 2.75) is 52.0 Å². The molecule has 114 valence electrons. The lowest BCUT2D eigenvalue weighted by molar-refractivity contribution is 0.352. The van der Waals surface area contributed by atoms with E-state index in [9.17, 15) is 13.2 Å². The van der Waals surface area contributed by atoms with Gasteiger partial charge in [0.1, 0.15) is 0 Å². The second-order valence-electron chi connectivity index (χ2n) is 5.26. The summed E-state index contributed by atoms with van der Waals surface area (Å²) in [4.78, 5) is 0. The van der Waals surface area contributed by atoms with Crippen molar-refractivity contribution in [1.82, 2.24) is 5.32 Å². The summed E-state index contributed by atoms with van der Waals surface area (Å²) >= 11 is 0. The minimum atomic E-state index is -1.38. The van der Waals surface area contributed by atoms with Gasteiger partial charge in [-0.3, -0.25) is 0 Å². The van der Waals surface area contributed by atoms with Gasteiger partial charge >= 0.3 is 0 Å². The minimum absolute atomic E-state index is 0.210. The molecule has 2 unspecified atom stereocenters. The molecule has 0 saturated carbocycles. The maximum absolute atomic E-state index is 13.9. The van der Waals surface area contributed by atoms with Crippen LogP contribution in [0.3, 0.4) is 0 Å². The lowest BCUT2D eigenvalue weighted by Gasteiger charge is -2.23. The van der Waals surface area contributed by atoms with Crippen molar-refractivity contribution in [3.8, 4) is 0 Å². The molecular weight excluding hydrogens is 263 g/mol. The van der Waals surface area contributed by atoms with Crippen molar-refractivity contribution in [2.24, 2.45) is 5.92 Å². The zero-order chi connectivity index (χ0) is 15.1. The second kappa shape index (κ2) is 8.30. The molecule has 0 amide bonds. The Morgan fingerprint density at radius 3 is 2.35 bits per heavy atom.